The van der Waals surface area contributed by atoms with Crippen LogP contribution in [-0.2, 0) is 31.0 Å². The number of ketones is 1. The van der Waals surface area contributed by atoms with Gasteiger partial charge in [-0.1, -0.05) is 34.1 Å². The largest absolute Gasteiger partial charge is 0.550 e. The molecule has 1 unspecified atom stereocenters. The summed E-state index contributed by atoms with van der Waals surface area (Å²) >= 11 is 0. The minimum Gasteiger partial charge on any atom is -0.550 e. The maximum absolute atomic E-state index is 12.9. The first-order valence-corrected chi connectivity index (χ1v) is 13.5. The van der Waals surface area contributed by atoms with Crippen LogP contribution >= 0.6 is 0 Å². The molecule has 7 heteroatoms. The summed E-state index contributed by atoms with van der Waals surface area (Å²) in [6.07, 6.45) is 6.23. The van der Waals surface area contributed by atoms with Crippen LogP contribution < -0.4 is 15.2 Å². The van der Waals surface area contributed by atoms with Crippen LogP contribution in [0.15, 0.2) is 12.1 Å². The first-order valence-electron chi connectivity index (χ1n) is 13.5. The van der Waals surface area contributed by atoms with E-state index in [0.717, 1.165) is 18.4 Å². The molecule has 4 rings (SSSR count). The van der Waals surface area contributed by atoms with Crippen molar-refractivity contribution in [2.24, 2.45) is 22.7 Å². The molecule has 0 aromatic heterocycles. The van der Waals surface area contributed by atoms with Crippen molar-refractivity contribution >= 4 is 23.6 Å². The van der Waals surface area contributed by atoms with Crippen molar-refractivity contribution in [2.45, 2.75) is 104 Å². The molecule has 2 fully saturated rings. The zero-order chi connectivity index (χ0) is 27.3. The Morgan fingerprint density at radius 3 is 2.41 bits per heavy atom. The van der Waals surface area contributed by atoms with Gasteiger partial charge in [0.2, 0.25) is 5.91 Å². The molecule has 0 aliphatic heterocycles. The minimum absolute atomic E-state index is 0.0789. The van der Waals surface area contributed by atoms with Crippen LogP contribution in [0.1, 0.15) is 96.3 Å². The number of aryl methyl sites for hydroxylation is 1. The maximum atomic E-state index is 12.9. The quantitative estimate of drug-likeness (QED) is 0.341. The summed E-state index contributed by atoms with van der Waals surface area (Å²) in [6, 6.07) is 2.30. The summed E-state index contributed by atoms with van der Waals surface area (Å²) in [7, 11) is 0. The van der Waals surface area contributed by atoms with Gasteiger partial charge in [0.05, 0.1) is 0 Å². The summed E-state index contributed by atoms with van der Waals surface area (Å²) < 4.78 is 5.62. The fourth-order valence-corrected chi connectivity index (χ4v) is 8.44. The van der Waals surface area contributed by atoms with E-state index in [-0.39, 0.29) is 17.3 Å². The van der Waals surface area contributed by atoms with Crippen LogP contribution in [0.5, 0.6) is 5.75 Å². The van der Waals surface area contributed by atoms with Gasteiger partial charge in [-0.15, -0.1) is 0 Å². The molecular weight excluding hydrogens is 470 g/mol. The minimum atomic E-state index is -1.49. The van der Waals surface area contributed by atoms with Gasteiger partial charge in [0.25, 0.3) is 0 Å². The third-order valence-corrected chi connectivity index (χ3v) is 9.90. The Hall–Kier alpha value is -2.70. The molecule has 1 N–H and O–H groups in total. The lowest BCUT2D eigenvalue weighted by molar-refractivity contribution is -0.305. The summed E-state index contributed by atoms with van der Waals surface area (Å²) in [6.45, 7) is 13.0. The van der Waals surface area contributed by atoms with E-state index >= 15 is 0 Å². The fourth-order valence-electron chi connectivity index (χ4n) is 8.44. The van der Waals surface area contributed by atoms with Crippen LogP contribution in [0.3, 0.4) is 0 Å². The van der Waals surface area contributed by atoms with Crippen molar-refractivity contribution in [3.63, 3.8) is 0 Å². The molecule has 202 valence electrons. The number of nitrogens with one attached hydrogen (secondary N) is 1. The number of carboxylic acid groups (broad SMARTS) is 1. The number of amides is 1. The highest BCUT2D eigenvalue weighted by Gasteiger charge is 2.61. The first-order chi connectivity index (χ1) is 17.2. The number of hydrogen-bond acceptors (Lipinski definition) is 6. The number of fused-ring (bicyclic) bond motifs is 5. The van der Waals surface area contributed by atoms with Gasteiger partial charge in [0, 0.05) is 12.4 Å². The van der Waals surface area contributed by atoms with E-state index in [2.05, 4.69) is 39.9 Å². The van der Waals surface area contributed by atoms with E-state index in [0.29, 0.717) is 23.0 Å². The van der Waals surface area contributed by atoms with E-state index in [1.807, 2.05) is 12.1 Å². The molecule has 3 aliphatic carbocycles. The fraction of sp³-hybridized carbons (Fsp3) is 0.667. The lowest BCUT2D eigenvalue weighted by Gasteiger charge is -2.61. The number of aliphatic carboxylic acids is 1. The third-order valence-electron chi connectivity index (χ3n) is 9.90. The molecule has 1 aromatic rings. The van der Waals surface area contributed by atoms with Gasteiger partial charge in [0.15, 0.2) is 11.8 Å². The third kappa shape index (κ3) is 4.82. The van der Waals surface area contributed by atoms with E-state index < -0.39 is 36.1 Å². The molecule has 0 heterocycles. The number of esters is 1. The van der Waals surface area contributed by atoms with Crippen LogP contribution in [0.4, 0.5) is 0 Å². The van der Waals surface area contributed by atoms with Crippen molar-refractivity contribution in [3.05, 3.63) is 28.8 Å². The number of ether oxygens (including phenoxy) is 1. The molecule has 5 atom stereocenters. The Morgan fingerprint density at radius 2 is 1.76 bits per heavy atom. The van der Waals surface area contributed by atoms with Gasteiger partial charge >= 0.3 is 5.97 Å². The Balaban J connectivity index is 1.57. The van der Waals surface area contributed by atoms with Gasteiger partial charge < -0.3 is 20.0 Å². The predicted molar refractivity (Wildman–Crippen MR) is 137 cm³/mol. The SMILES string of the molecule is CC(=O)C(NC(=O)CCC(=O)[O-])C(=O)Oc1cc(C)c2c(c1)C[C@@H]1[C@@]3(C)CCCC(C)(C)[C@@H]3CC[C@@]21C. The Morgan fingerprint density at radius 1 is 1.05 bits per heavy atom. The average molecular weight is 511 g/mol. The maximum Gasteiger partial charge on any atom is 0.341 e. The second kappa shape index (κ2) is 9.55. The normalized spacial score (nSPS) is 30.3. The number of carbonyl (C=O) groups is 4. The lowest BCUT2D eigenvalue weighted by atomic mass is 9.43. The van der Waals surface area contributed by atoms with E-state index in [1.54, 1.807) is 0 Å². The zero-order valence-corrected chi connectivity index (χ0v) is 23.0. The Bertz CT molecular complexity index is 1140. The molecule has 0 bridgehead atoms. The topological polar surface area (TPSA) is 113 Å². The monoisotopic (exact) mass is 510 g/mol. The molecule has 0 saturated heterocycles. The number of rotatable bonds is 7. The molecule has 1 aromatic carbocycles. The number of hydrogen-bond donors (Lipinski definition) is 1. The highest BCUT2D eigenvalue weighted by atomic mass is 16.5. The van der Waals surface area contributed by atoms with E-state index in [9.17, 15) is 24.3 Å². The molecule has 37 heavy (non-hydrogen) atoms. The van der Waals surface area contributed by atoms with Gasteiger partial charge in [-0.25, -0.2) is 4.79 Å². The average Bonchev–Trinajstić information content (AvgIpc) is 3.09. The van der Waals surface area contributed by atoms with Crippen molar-refractivity contribution in [3.8, 4) is 5.75 Å². The predicted octanol–water partition coefficient (Wildman–Crippen LogP) is 3.56. The van der Waals surface area contributed by atoms with Crippen LogP contribution in [0.25, 0.3) is 0 Å². The Labute approximate surface area is 219 Å². The zero-order valence-electron chi connectivity index (χ0n) is 23.0. The molecule has 2 saturated carbocycles. The standard InChI is InChI=1S/C30H41NO6/c1-17-14-20(37-27(36)26(18(2)32)31-23(33)8-9-24(34)35)15-19-16-22-29(5)12-7-11-28(3,4)21(29)10-13-30(22,6)25(17)19/h14-15,21-22,26H,7-13,16H2,1-6H3,(H,31,33)(H,34,35)/p-1/t21-,22+,26?,29-,30+/m0/s1. The molecule has 0 radical (unpaired) electrons. The van der Waals surface area contributed by atoms with Gasteiger partial charge in [0.1, 0.15) is 5.75 Å². The van der Waals surface area contributed by atoms with Gasteiger partial charge in [-0.2, -0.15) is 0 Å². The van der Waals surface area contributed by atoms with E-state index in [1.165, 1.54) is 43.7 Å². The molecule has 0 spiro atoms. The number of carboxylic acids is 1. The Kier molecular flexibility index (Phi) is 7.06. The van der Waals surface area contributed by atoms with Crippen molar-refractivity contribution in [2.75, 3.05) is 0 Å². The second-order valence-electron chi connectivity index (χ2n) is 12.8. The van der Waals surface area contributed by atoms with Crippen molar-refractivity contribution < 1.29 is 29.0 Å². The lowest BCUT2D eigenvalue weighted by Crippen LogP contribution is -2.55. The highest BCUT2D eigenvalue weighted by molar-refractivity contribution is 6.05. The van der Waals surface area contributed by atoms with E-state index in [4.69, 9.17) is 4.74 Å². The number of Topliss-reactive ketones (excluding diaryl/α,β-unsaturated/α-hetero) is 1. The smallest absolute Gasteiger partial charge is 0.341 e. The van der Waals surface area contributed by atoms with Gasteiger partial charge in [-0.05, 0) is 109 Å². The number of benzene rings is 1. The van der Waals surface area contributed by atoms with Crippen molar-refractivity contribution in [1.29, 1.82) is 0 Å². The number of carbonyl (C=O) groups excluding carboxylic acids is 4. The summed E-state index contributed by atoms with van der Waals surface area (Å²) in [5, 5.41) is 12.9. The summed E-state index contributed by atoms with van der Waals surface area (Å²) in [5.74, 6) is -1.98. The van der Waals surface area contributed by atoms with Crippen LogP contribution in [0, 0.1) is 29.6 Å². The van der Waals surface area contributed by atoms with Crippen molar-refractivity contribution in [1.82, 2.24) is 5.32 Å². The first kappa shape index (κ1) is 27.3. The highest BCUT2D eigenvalue weighted by Crippen LogP contribution is 2.67. The molecule has 3 aliphatic rings. The summed E-state index contributed by atoms with van der Waals surface area (Å²) in [5.41, 5.74) is 4.34. The molecule has 7 nitrogen and oxygen atoms in total. The molecular formula is C30H40NO6-. The molecule has 1 amide bonds. The van der Waals surface area contributed by atoms with Gasteiger partial charge in [-0.3, -0.25) is 9.59 Å². The van der Waals surface area contributed by atoms with Crippen LogP contribution in [-0.4, -0.2) is 29.7 Å². The second-order valence-corrected chi connectivity index (χ2v) is 12.8. The summed E-state index contributed by atoms with van der Waals surface area (Å²) in [4.78, 5) is 47.6. The van der Waals surface area contributed by atoms with Crippen LogP contribution in [0.2, 0.25) is 0 Å².